The molecule has 0 heterocycles. The van der Waals surface area contributed by atoms with Crippen molar-refractivity contribution in [3.05, 3.63) is 27.2 Å². The molecule has 0 atom stereocenters. The molecule has 0 spiro atoms. The maximum Gasteiger partial charge on any atom is 0.137 e. The smallest absolute Gasteiger partial charge is 0.137 e. The zero-order chi connectivity index (χ0) is 7.72. The Kier molecular flexibility index (Phi) is 2.21. The average Bonchev–Trinajstić information content (AvgIpc) is 1.82. The van der Waals surface area contributed by atoms with Crippen molar-refractivity contribution in [3.63, 3.8) is 0 Å². The van der Waals surface area contributed by atoms with E-state index >= 15 is 0 Å². The first-order valence-corrected chi connectivity index (χ1v) is 3.93. The van der Waals surface area contributed by atoms with Crippen molar-refractivity contribution in [2.24, 2.45) is 0 Å². The van der Waals surface area contributed by atoms with E-state index in [0.717, 1.165) is 10.0 Å². The number of phenolic OH excluding ortho intramolecular Hbond substituents is 1. The Morgan fingerprint density at radius 3 is 2.60 bits per heavy atom. The Morgan fingerprint density at radius 2 is 2.10 bits per heavy atom. The predicted molar refractivity (Wildman–Crippen MR) is 45.6 cm³/mol. The fourth-order valence-electron chi connectivity index (χ4n) is 0.695. The molecule has 1 rings (SSSR count). The van der Waals surface area contributed by atoms with Gasteiger partial charge in [0.25, 0.3) is 0 Å². The highest BCUT2D eigenvalue weighted by Gasteiger charge is 2.01. The molecule has 1 aromatic rings. The third kappa shape index (κ3) is 1.44. The van der Waals surface area contributed by atoms with Gasteiger partial charge in [-0.05, 0) is 24.6 Å². The van der Waals surface area contributed by atoms with Crippen molar-refractivity contribution < 1.29 is 5.11 Å². The van der Waals surface area contributed by atoms with Gasteiger partial charge < -0.3 is 5.11 Å². The first-order chi connectivity index (χ1) is 4.61. The Bertz CT molecular complexity index is 237. The van der Waals surface area contributed by atoms with E-state index in [0.29, 0.717) is 5.02 Å². The average molecular weight is 221 g/mol. The van der Waals surface area contributed by atoms with Gasteiger partial charge in [-0.1, -0.05) is 27.5 Å². The predicted octanol–water partition coefficient (Wildman–Crippen LogP) is 3.12. The number of phenols is 1. The summed E-state index contributed by atoms with van der Waals surface area (Å²) < 4.78 is 0.882. The van der Waals surface area contributed by atoms with Gasteiger partial charge in [0, 0.05) is 4.47 Å². The van der Waals surface area contributed by atoms with Crippen molar-refractivity contribution in [2.75, 3.05) is 0 Å². The molecule has 1 N–H and O–H groups in total. The summed E-state index contributed by atoms with van der Waals surface area (Å²) in [6.45, 7) is 1.80. The Labute approximate surface area is 72.8 Å². The largest absolute Gasteiger partial charge is 0.506 e. The maximum atomic E-state index is 9.18. The molecule has 54 valence electrons. The summed E-state index contributed by atoms with van der Waals surface area (Å²) in [5, 5.41) is 9.56. The van der Waals surface area contributed by atoms with Gasteiger partial charge in [-0.2, -0.15) is 0 Å². The molecule has 0 radical (unpaired) electrons. The fourth-order valence-corrected chi connectivity index (χ4v) is 1.67. The summed E-state index contributed by atoms with van der Waals surface area (Å²) >= 11 is 8.89. The highest BCUT2D eigenvalue weighted by molar-refractivity contribution is 9.10. The van der Waals surface area contributed by atoms with Gasteiger partial charge in [-0.15, -0.1) is 0 Å². The van der Waals surface area contributed by atoms with Crippen molar-refractivity contribution in [1.82, 2.24) is 0 Å². The summed E-state index contributed by atoms with van der Waals surface area (Å²) in [5.74, 6) is 0.157. The molecule has 0 saturated carbocycles. The molecule has 0 aliphatic carbocycles. The van der Waals surface area contributed by atoms with Crippen LogP contribution < -0.4 is 0 Å². The summed E-state index contributed by atoms with van der Waals surface area (Å²) in [7, 11) is 0. The van der Waals surface area contributed by atoms with Crippen LogP contribution in [0.25, 0.3) is 0 Å². The molecular formula is C7H6BrClO. The van der Waals surface area contributed by atoms with Crippen LogP contribution in [0.5, 0.6) is 5.75 Å². The molecule has 0 aromatic heterocycles. The third-order valence-corrected chi connectivity index (χ3v) is 1.96. The monoisotopic (exact) mass is 220 g/mol. The molecule has 0 fully saturated rings. The molecule has 1 nitrogen and oxygen atoms in total. The number of hydrogen-bond donors (Lipinski definition) is 1. The number of benzene rings is 1. The van der Waals surface area contributed by atoms with E-state index in [4.69, 9.17) is 11.6 Å². The zero-order valence-electron chi connectivity index (χ0n) is 5.36. The lowest BCUT2D eigenvalue weighted by molar-refractivity contribution is 0.471. The number of halogens is 2. The van der Waals surface area contributed by atoms with Crippen LogP contribution in [-0.4, -0.2) is 5.11 Å². The van der Waals surface area contributed by atoms with Gasteiger partial charge in [0.1, 0.15) is 5.75 Å². The van der Waals surface area contributed by atoms with E-state index in [1.165, 1.54) is 0 Å². The number of rotatable bonds is 0. The minimum atomic E-state index is 0.157. The van der Waals surface area contributed by atoms with Crippen LogP contribution in [0.1, 0.15) is 5.56 Å². The lowest BCUT2D eigenvalue weighted by Crippen LogP contribution is -1.75. The van der Waals surface area contributed by atoms with E-state index in [1.807, 2.05) is 0 Å². The van der Waals surface area contributed by atoms with E-state index in [-0.39, 0.29) is 5.75 Å². The number of aryl methyl sites for hydroxylation is 1. The molecule has 0 unspecified atom stereocenters. The summed E-state index contributed by atoms with van der Waals surface area (Å²) in [4.78, 5) is 0. The van der Waals surface area contributed by atoms with Crippen LogP contribution in [0.2, 0.25) is 5.02 Å². The fraction of sp³-hybridized carbons (Fsp3) is 0.143. The molecule has 0 amide bonds. The van der Waals surface area contributed by atoms with Crippen LogP contribution in [0.15, 0.2) is 16.6 Å². The van der Waals surface area contributed by atoms with Crippen molar-refractivity contribution >= 4 is 27.5 Å². The van der Waals surface area contributed by atoms with Crippen molar-refractivity contribution in [2.45, 2.75) is 6.92 Å². The lowest BCUT2D eigenvalue weighted by Gasteiger charge is -2.00. The molecule has 0 bridgehead atoms. The van der Waals surface area contributed by atoms with Gasteiger partial charge in [-0.3, -0.25) is 0 Å². The van der Waals surface area contributed by atoms with Gasteiger partial charge in [0.15, 0.2) is 0 Å². The molecule has 10 heavy (non-hydrogen) atoms. The number of hydrogen-bond acceptors (Lipinski definition) is 1. The van der Waals surface area contributed by atoms with Crippen LogP contribution in [0, 0.1) is 6.92 Å². The van der Waals surface area contributed by atoms with E-state index in [1.54, 1.807) is 19.1 Å². The molecule has 1 aromatic carbocycles. The molecule has 0 saturated heterocycles. The molecule has 3 heteroatoms. The van der Waals surface area contributed by atoms with Crippen LogP contribution >= 0.6 is 27.5 Å². The first kappa shape index (κ1) is 7.89. The maximum absolute atomic E-state index is 9.18. The summed E-state index contributed by atoms with van der Waals surface area (Å²) in [5.41, 5.74) is 0.777. The SMILES string of the molecule is Cc1cc(Br)cc(Cl)c1O. The highest BCUT2D eigenvalue weighted by Crippen LogP contribution is 2.30. The van der Waals surface area contributed by atoms with Crippen molar-refractivity contribution in [3.8, 4) is 5.75 Å². The lowest BCUT2D eigenvalue weighted by atomic mass is 10.2. The highest BCUT2D eigenvalue weighted by atomic mass is 79.9. The third-order valence-electron chi connectivity index (χ3n) is 1.22. The Hall–Kier alpha value is -0.210. The summed E-state index contributed by atoms with van der Waals surface area (Å²) in [6.07, 6.45) is 0. The Morgan fingerprint density at radius 1 is 1.50 bits per heavy atom. The molecule has 0 aliphatic heterocycles. The molecular weight excluding hydrogens is 215 g/mol. The minimum Gasteiger partial charge on any atom is -0.506 e. The van der Waals surface area contributed by atoms with E-state index < -0.39 is 0 Å². The quantitative estimate of drug-likeness (QED) is 0.714. The first-order valence-electron chi connectivity index (χ1n) is 2.76. The van der Waals surface area contributed by atoms with Crippen LogP contribution in [-0.2, 0) is 0 Å². The van der Waals surface area contributed by atoms with Gasteiger partial charge >= 0.3 is 0 Å². The minimum absolute atomic E-state index is 0.157. The van der Waals surface area contributed by atoms with E-state index in [2.05, 4.69) is 15.9 Å². The topological polar surface area (TPSA) is 20.2 Å². The van der Waals surface area contributed by atoms with Crippen LogP contribution in [0.4, 0.5) is 0 Å². The normalized spacial score (nSPS) is 9.90. The number of aromatic hydroxyl groups is 1. The zero-order valence-corrected chi connectivity index (χ0v) is 7.70. The second kappa shape index (κ2) is 2.81. The standard InChI is InChI=1S/C7H6BrClO/c1-4-2-5(8)3-6(9)7(4)10/h2-3,10H,1H3. The van der Waals surface area contributed by atoms with Gasteiger partial charge in [0.05, 0.1) is 5.02 Å². The Balaban J connectivity index is 3.31. The van der Waals surface area contributed by atoms with Crippen molar-refractivity contribution in [1.29, 1.82) is 0 Å². The van der Waals surface area contributed by atoms with Crippen LogP contribution in [0.3, 0.4) is 0 Å². The van der Waals surface area contributed by atoms with Gasteiger partial charge in [-0.25, -0.2) is 0 Å². The van der Waals surface area contributed by atoms with Gasteiger partial charge in [0.2, 0.25) is 0 Å². The molecule has 0 aliphatic rings. The second-order valence-electron chi connectivity index (χ2n) is 2.05. The van der Waals surface area contributed by atoms with E-state index in [9.17, 15) is 5.11 Å². The second-order valence-corrected chi connectivity index (χ2v) is 3.38. The summed E-state index contributed by atoms with van der Waals surface area (Å²) in [6, 6.07) is 3.46.